The standard InChI is InChI=1S/C22H21FN2/c1-21(2)19-16(8-5-9-17(19)23)20(25-22(21,3)4)15-10-11-18-14(13-15)7-6-12-24-18/h5-13H,1-4H3. The molecule has 126 valence electrons. The van der Waals surface area contributed by atoms with Gasteiger partial charge in [0.25, 0.3) is 0 Å². The van der Waals surface area contributed by atoms with Gasteiger partial charge in [-0.15, -0.1) is 0 Å². The topological polar surface area (TPSA) is 25.2 Å². The minimum Gasteiger partial charge on any atom is -0.277 e. The molecule has 0 amide bonds. The molecule has 1 aliphatic rings. The molecular formula is C22H21FN2. The summed E-state index contributed by atoms with van der Waals surface area (Å²) in [6.45, 7) is 8.29. The van der Waals surface area contributed by atoms with E-state index in [1.165, 1.54) is 0 Å². The Morgan fingerprint density at radius 3 is 2.52 bits per heavy atom. The highest BCUT2D eigenvalue weighted by Crippen LogP contribution is 2.45. The van der Waals surface area contributed by atoms with Crippen LogP contribution >= 0.6 is 0 Å². The number of hydrogen-bond acceptors (Lipinski definition) is 2. The van der Waals surface area contributed by atoms with Gasteiger partial charge in [-0.1, -0.05) is 38.1 Å². The second-order valence-electron chi connectivity index (χ2n) is 7.72. The molecule has 0 saturated carbocycles. The predicted molar refractivity (Wildman–Crippen MR) is 101 cm³/mol. The Bertz CT molecular complexity index is 1020. The van der Waals surface area contributed by atoms with E-state index in [9.17, 15) is 4.39 Å². The van der Waals surface area contributed by atoms with Gasteiger partial charge in [0, 0.05) is 33.7 Å². The third-order valence-electron chi connectivity index (χ3n) is 5.69. The van der Waals surface area contributed by atoms with Gasteiger partial charge in [0.15, 0.2) is 0 Å². The van der Waals surface area contributed by atoms with Crippen LogP contribution < -0.4 is 0 Å². The van der Waals surface area contributed by atoms with Crippen molar-refractivity contribution in [1.82, 2.24) is 4.98 Å². The first-order chi connectivity index (χ1) is 11.8. The first-order valence-corrected chi connectivity index (χ1v) is 8.56. The van der Waals surface area contributed by atoms with Crippen LogP contribution in [0, 0.1) is 5.82 Å². The summed E-state index contributed by atoms with van der Waals surface area (Å²) in [5.74, 6) is -0.162. The molecule has 0 radical (unpaired) electrons. The summed E-state index contributed by atoms with van der Waals surface area (Å²) >= 11 is 0. The van der Waals surface area contributed by atoms with Gasteiger partial charge in [0.1, 0.15) is 5.82 Å². The first kappa shape index (κ1) is 15.9. The van der Waals surface area contributed by atoms with Crippen molar-refractivity contribution >= 4 is 16.6 Å². The van der Waals surface area contributed by atoms with E-state index in [1.807, 2.05) is 30.3 Å². The molecule has 0 atom stereocenters. The molecule has 0 N–H and O–H groups in total. The number of fused-ring (bicyclic) bond motifs is 2. The zero-order valence-electron chi connectivity index (χ0n) is 15.0. The maximum absolute atomic E-state index is 14.8. The average Bonchev–Trinajstić information content (AvgIpc) is 2.58. The Morgan fingerprint density at radius 1 is 0.920 bits per heavy atom. The molecule has 3 heteroatoms. The molecule has 0 spiro atoms. The quantitative estimate of drug-likeness (QED) is 0.595. The van der Waals surface area contributed by atoms with Gasteiger partial charge in [-0.25, -0.2) is 4.39 Å². The van der Waals surface area contributed by atoms with Gasteiger partial charge >= 0.3 is 0 Å². The summed E-state index contributed by atoms with van der Waals surface area (Å²) in [5, 5.41) is 1.06. The lowest BCUT2D eigenvalue weighted by atomic mass is 9.65. The van der Waals surface area contributed by atoms with Crippen LogP contribution in [0.25, 0.3) is 10.9 Å². The Labute approximate surface area is 147 Å². The van der Waals surface area contributed by atoms with Gasteiger partial charge in [0.2, 0.25) is 0 Å². The number of benzene rings is 2. The summed E-state index contributed by atoms with van der Waals surface area (Å²) < 4.78 is 14.8. The summed E-state index contributed by atoms with van der Waals surface area (Å²) in [4.78, 5) is 9.43. The second kappa shape index (κ2) is 5.22. The molecular weight excluding hydrogens is 311 g/mol. The van der Waals surface area contributed by atoms with Gasteiger partial charge in [0.05, 0.1) is 16.8 Å². The van der Waals surface area contributed by atoms with Crippen molar-refractivity contribution in [1.29, 1.82) is 0 Å². The van der Waals surface area contributed by atoms with Gasteiger partial charge in [-0.2, -0.15) is 0 Å². The fraction of sp³-hybridized carbons (Fsp3) is 0.273. The minimum absolute atomic E-state index is 0.162. The van der Waals surface area contributed by atoms with Gasteiger partial charge < -0.3 is 0 Å². The monoisotopic (exact) mass is 332 g/mol. The van der Waals surface area contributed by atoms with E-state index < -0.39 is 11.0 Å². The largest absolute Gasteiger partial charge is 0.277 e. The molecule has 1 aromatic heterocycles. The van der Waals surface area contributed by atoms with Crippen LogP contribution in [0.5, 0.6) is 0 Å². The van der Waals surface area contributed by atoms with Crippen LogP contribution in [0.4, 0.5) is 4.39 Å². The average molecular weight is 332 g/mol. The normalized spacial score (nSPS) is 17.9. The molecule has 2 heterocycles. The first-order valence-electron chi connectivity index (χ1n) is 8.56. The molecule has 25 heavy (non-hydrogen) atoms. The Balaban J connectivity index is 2.00. The van der Waals surface area contributed by atoms with Crippen LogP contribution in [0.1, 0.15) is 44.4 Å². The highest BCUT2D eigenvalue weighted by molar-refractivity contribution is 6.16. The van der Waals surface area contributed by atoms with E-state index in [-0.39, 0.29) is 5.82 Å². The molecule has 0 bridgehead atoms. The number of hydrogen-bond donors (Lipinski definition) is 0. The molecule has 1 aliphatic heterocycles. The van der Waals surface area contributed by atoms with Crippen molar-refractivity contribution in [3.8, 4) is 0 Å². The van der Waals surface area contributed by atoms with Crippen molar-refractivity contribution in [2.24, 2.45) is 4.99 Å². The number of aliphatic imine (C=N–C) groups is 1. The van der Waals surface area contributed by atoms with Crippen molar-refractivity contribution in [2.75, 3.05) is 0 Å². The summed E-state index contributed by atoms with van der Waals surface area (Å²) in [5.41, 5.74) is 3.61. The SMILES string of the molecule is CC1(C)N=C(c2ccc3ncccc3c2)c2cccc(F)c2C1(C)C. The Hall–Kier alpha value is -2.55. The number of halogens is 1. The molecule has 0 unspecified atom stereocenters. The van der Waals surface area contributed by atoms with Gasteiger partial charge in [-0.3, -0.25) is 9.98 Å². The van der Waals surface area contributed by atoms with Crippen LogP contribution in [-0.4, -0.2) is 16.2 Å². The Kier molecular flexibility index (Phi) is 3.33. The second-order valence-corrected chi connectivity index (χ2v) is 7.72. The van der Waals surface area contributed by atoms with Crippen LogP contribution in [-0.2, 0) is 5.41 Å². The molecule has 2 nitrogen and oxygen atoms in total. The van der Waals surface area contributed by atoms with E-state index in [0.29, 0.717) is 0 Å². The van der Waals surface area contributed by atoms with Crippen LogP contribution in [0.2, 0.25) is 0 Å². The van der Waals surface area contributed by atoms with Crippen LogP contribution in [0.3, 0.4) is 0 Å². The van der Waals surface area contributed by atoms with Crippen molar-refractivity contribution in [3.63, 3.8) is 0 Å². The molecule has 0 fully saturated rings. The zero-order chi connectivity index (χ0) is 17.8. The highest BCUT2D eigenvalue weighted by atomic mass is 19.1. The van der Waals surface area contributed by atoms with Crippen molar-refractivity contribution in [3.05, 3.63) is 77.2 Å². The van der Waals surface area contributed by atoms with E-state index in [2.05, 4.69) is 38.7 Å². The molecule has 0 saturated heterocycles. The van der Waals surface area contributed by atoms with Crippen molar-refractivity contribution < 1.29 is 4.39 Å². The fourth-order valence-corrected chi connectivity index (χ4v) is 3.59. The van der Waals surface area contributed by atoms with E-state index in [4.69, 9.17) is 4.99 Å². The number of aromatic nitrogens is 1. The third kappa shape index (κ3) is 2.30. The third-order valence-corrected chi connectivity index (χ3v) is 5.69. The molecule has 2 aromatic carbocycles. The van der Waals surface area contributed by atoms with E-state index in [0.717, 1.165) is 33.3 Å². The lowest BCUT2D eigenvalue weighted by molar-refractivity contribution is 0.293. The number of rotatable bonds is 1. The summed E-state index contributed by atoms with van der Waals surface area (Å²) in [6.07, 6.45) is 1.79. The zero-order valence-corrected chi connectivity index (χ0v) is 15.0. The summed E-state index contributed by atoms with van der Waals surface area (Å²) in [6, 6.07) is 15.4. The molecule has 0 aliphatic carbocycles. The fourth-order valence-electron chi connectivity index (χ4n) is 3.59. The van der Waals surface area contributed by atoms with Crippen LogP contribution in [0.15, 0.2) is 59.7 Å². The smallest absolute Gasteiger partial charge is 0.127 e. The molecule has 4 rings (SSSR count). The molecule has 3 aromatic rings. The van der Waals surface area contributed by atoms with Gasteiger partial charge in [-0.05, 0) is 38.1 Å². The predicted octanol–water partition coefficient (Wildman–Crippen LogP) is 5.28. The van der Waals surface area contributed by atoms with E-state index in [1.54, 1.807) is 18.3 Å². The van der Waals surface area contributed by atoms with E-state index >= 15 is 0 Å². The number of pyridine rings is 1. The highest BCUT2D eigenvalue weighted by Gasteiger charge is 2.45. The number of nitrogens with zero attached hydrogens (tertiary/aromatic N) is 2. The lowest BCUT2D eigenvalue weighted by Gasteiger charge is -2.44. The Morgan fingerprint density at radius 2 is 1.72 bits per heavy atom. The maximum atomic E-state index is 14.8. The summed E-state index contributed by atoms with van der Waals surface area (Å²) in [7, 11) is 0. The minimum atomic E-state index is -0.415. The lowest BCUT2D eigenvalue weighted by Crippen LogP contribution is -2.46. The van der Waals surface area contributed by atoms with Crippen molar-refractivity contribution in [2.45, 2.75) is 38.6 Å². The maximum Gasteiger partial charge on any atom is 0.127 e.